The van der Waals surface area contributed by atoms with Gasteiger partial charge in [0.2, 0.25) is 0 Å². The van der Waals surface area contributed by atoms with E-state index in [0.29, 0.717) is 6.04 Å². The highest BCUT2D eigenvalue weighted by Gasteiger charge is 2.28. The number of carbonyl (C=O) groups is 1. The lowest BCUT2D eigenvalue weighted by molar-refractivity contribution is -0.138. The third-order valence-electron chi connectivity index (χ3n) is 2.60. The molecule has 0 aromatic heterocycles. The summed E-state index contributed by atoms with van der Waals surface area (Å²) in [5, 5.41) is 10.0. The minimum atomic E-state index is -1.71. The summed E-state index contributed by atoms with van der Waals surface area (Å²) in [6, 6.07) is 9.87. The Morgan fingerprint density at radius 3 is 2.40 bits per heavy atom. The molecule has 3 N–H and O–H groups in total. The summed E-state index contributed by atoms with van der Waals surface area (Å²) in [6.07, 6.45) is 0. The fourth-order valence-corrected chi connectivity index (χ4v) is 4.25. The van der Waals surface area contributed by atoms with Gasteiger partial charge in [0.15, 0.2) is 0 Å². The summed E-state index contributed by atoms with van der Waals surface area (Å²) in [4.78, 5) is 10.7. The standard InChI is InChI=1S/C11H17NO2Si/c1-15(2,8-10(12)11(13)14)9-6-4-3-5-7-9/h3-7,10H,8,12H2,1-2H3,(H,13,14)/t10-/m1/s1. The van der Waals surface area contributed by atoms with Gasteiger partial charge in [0, 0.05) is 0 Å². The maximum absolute atomic E-state index is 10.7. The molecule has 1 aromatic rings. The van der Waals surface area contributed by atoms with Gasteiger partial charge in [-0.15, -0.1) is 0 Å². The predicted molar refractivity (Wildman–Crippen MR) is 64.0 cm³/mol. The minimum absolute atomic E-state index is 0.576. The van der Waals surface area contributed by atoms with Gasteiger partial charge in [0.25, 0.3) is 0 Å². The van der Waals surface area contributed by atoms with Crippen LogP contribution in [-0.4, -0.2) is 25.2 Å². The fourth-order valence-electron chi connectivity index (χ4n) is 1.64. The Morgan fingerprint density at radius 2 is 1.93 bits per heavy atom. The summed E-state index contributed by atoms with van der Waals surface area (Å²) < 4.78 is 0. The average Bonchev–Trinajstić information content (AvgIpc) is 2.18. The highest BCUT2D eigenvalue weighted by molar-refractivity contribution is 6.90. The number of hydrogen-bond donors (Lipinski definition) is 2. The maximum atomic E-state index is 10.7. The van der Waals surface area contributed by atoms with Crippen LogP contribution in [0.25, 0.3) is 0 Å². The summed E-state index contributed by atoms with van der Waals surface area (Å²) in [7, 11) is -1.71. The zero-order chi connectivity index (χ0) is 11.5. The Balaban J connectivity index is 2.80. The Bertz CT molecular complexity index is 338. The van der Waals surface area contributed by atoms with E-state index in [1.807, 2.05) is 18.2 Å². The number of rotatable bonds is 4. The highest BCUT2D eigenvalue weighted by atomic mass is 28.3. The second-order valence-electron chi connectivity index (χ2n) is 4.40. The topological polar surface area (TPSA) is 63.3 Å². The van der Waals surface area contributed by atoms with Crippen LogP contribution in [0.4, 0.5) is 0 Å². The molecule has 82 valence electrons. The molecule has 0 radical (unpaired) electrons. The molecule has 0 aliphatic carbocycles. The lowest BCUT2D eigenvalue weighted by Gasteiger charge is -2.24. The molecule has 0 fully saturated rings. The SMILES string of the molecule is C[Si](C)(C[C@@H](N)C(=O)O)c1ccccc1. The van der Waals surface area contributed by atoms with Gasteiger partial charge in [-0.2, -0.15) is 0 Å². The third kappa shape index (κ3) is 3.18. The number of nitrogens with two attached hydrogens (primary N) is 1. The number of carboxylic acid groups (broad SMARTS) is 1. The largest absolute Gasteiger partial charge is 0.480 e. The molecule has 15 heavy (non-hydrogen) atoms. The van der Waals surface area contributed by atoms with Crippen molar-refractivity contribution in [3.8, 4) is 0 Å². The Hall–Kier alpha value is -1.13. The van der Waals surface area contributed by atoms with Crippen molar-refractivity contribution in [3.63, 3.8) is 0 Å². The van der Waals surface area contributed by atoms with Crippen LogP contribution in [0.3, 0.4) is 0 Å². The van der Waals surface area contributed by atoms with Gasteiger partial charge >= 0.3 is 5.97 Å². The normalized spacial score (nSPS) is 13.5. The van der Waals surface area contributed by atoms with Crippen LogP contribution in [0.15, 0.2) is 30.3 Å². The number of aliphatic carboxylic acids is 1. The van der Waals surface area contributed by atoms with Crippen molar-refractivity contribution in [2.75, 3.05) is 0 Å². The predicted octanol–water partition coefficient (Wildman–Crippen LogP) is 1.01. The van der Waals surface area contributed by atoms with Gasteiger partial charge in [0.1, 0.15) is 6.04 Å². The van der Waals surface area contributed by atoms with Gasteiger partial charge < -0.3 is 10.8 Å². The number of carboxylic acids is 1. The minimum Gasteiger partial charge on any atom is -0.480 e. The van der Waals surface area contributed by atoms with Crippen molar-refractivity contribution in [2.45, 2.75) is 25.2 Å². The Morgan fingerprint density at radius 1 is 1.40 bits per heavy atom. The van der Waals surface area contributed by atoms with Crippen molar-refractivity contribution >= 4 is 19.2 Å². The average molecular weight is 223 g/mol. The van der Waals surface area contributed by atoms with Gasteiger partial charge in [-0.1, -0.05) is 48.6 Å². The molecule has 0 aliphatic rings. The van der Waals surface area contributed by atoms with E-state index in [1.165, 1.54) is 5.19 Å². The summed E-state index contributed by atoms with van der Waals surface area (Å²) in [5.74, 6) is -0.911. The van der Waals surface area contributed by atoms with E-state index in [0.717, 1.165) is 0 Å². The van der Waals surface area contributed by atoms with E-state index in [1.54, 1.807) is 0 Å². The second-order valence-corrected chi connectivity index (χ2v) is 9.15. The monoisotopic (exact) mass is 223 g/mol. The Kier molecular flexibility index (Phi) is 3.65. The molecule has 4 heteroatoms. The molecule has 0 amide bonds. The third-order valence-corrected chi connectivity index (χ3v) is 5.96. The van der Waals surface area contributed by atoms with Crippen molar-refractivity contribution < 1.29 is 9.90 Å². The Labute approximate surface area is 90.9 Å². The van der Waals surface area contributed by atoms with Crippen LogP contribution in [0.5, 0.6) is 0 Å². The van der Waals surface area contributed by atoms with E-state index in [-0.39, 0.29) is 0 Å². The molecular formula is C11H17NO2Si. The van der Waals surface area contributed by atoms with Crippen LogP contribution in [0.1, 0.15) is 0 Å². The molecule has 1 atom stereocenters. The highest BCUT2D eigenvalue weighted by Crippen LogP contribution is 2.11. The smallest absolute Gasteiger partial charge is 0.320 e. The van der Waals surface area contributed by atoms with E-state index in [2.05, 4.69) is 25.2 Å². The first-order chi connectivity index (χ1) is 6.93. The lowest BCUT2D eigenvalue weighted by Crippen LogP contribution is -2.48. The van der Waals surface area contributed by atoms with Gasteiger partial charge in [-0.3, -0.25) is 4.79 Å². The molecule has 0 saturated heterocycles. The molecule has 1 aromatic carbocycles. The van der Waals surface area contributed by atoms with Gasteiger partial charge in [-0.25, -0.2) is 0 Å². The summed E-state index contributed by atoms with van der Waals surface area (Å²) in [5.41, 5.74) is 5.58. The van der Waals surface area contributed by atoms with Crippen LogP contribution in [0.2, 0.25) is 19.1 Å². The summed E-state index contributed by atoms with van der Waals surface area (Å²) >= 11 is 0. The first-order valence-corrected chi connectivity index (χ1v) is 8.18. The van der Waals surface area contributed by atoms with Crippen LogP contribution in [0, 0.1) is 0 Å². The van der Waals surface area contributed by atoms with Crippen LogP contribution in [-0.2, 0) is 4.79 Å². The molecule has 0 saturated carbocycles. The molecule has 0 heterocycles. The molecule has 0 spiro atoms. The zero-order valence-electron chi connectivity index (χ0n) is 9.10. The van der Waals surface area contributed by atoms with Crippen LogP contribution >= 0.6 is 0 Å². The molecule has 0 bridgehead atoms. The van der Waals surface area contributed by atoms with Crippen molar-refractivity contribution in [1.82, 2.24) is 0 Å². The molecule has 3 nitrogen and oxygen atoms in total. The van der Waals surface area contributed by atoms with Crippen molar-refractivity contribution in [3.05, 3.63) is 30.3 Å². The summed E-state index contributed by atoms with van der Waals surface area (Å²) in [6.45, 7) is 4.29. The van der Waals surface area contributed by atoms with E-state index < -0.39 is 20.1 Å². The fraction of sp³-hybridized carbons (Fsp3) is 0.364. The van der Waals surface area contributed by atoms with E-state index in [9.17, 15) is 4.79 Å². The van der Waals surface area contributed by atoms with Gasteiger partial charge in [0.05, 0.1) is 8.07 Å². The van der Waals surface area contributed by atoms with E-state index >= 15 is 0 Å². The maximum Gasteiger partial charge on any atom is 0.320 e. The van der Waals surface area contributed by atoms with Crippen molar-refractivity contribution in [2.24, 2.45) is 5.73 Å². The first kappa shape index (κ1) is 11.9. The molecule has 1 rings (SSSR count). The van der Waals surface area contributed by atoms with Crippen LogP contribution < -0.4 is 10.9 Å². The second kappa shape index (κ2) is 4.59. The van der Waals surface area contributed by atoms with Crippen molar-refractivity contribution in [1.29, 1.82) is 0 Å². The number of benzene rings is 1. The molecule has 0 aliphatic heterocycles. The van der Waals surface area contributed by atoms with E-state index in [4.69, 9.17) is 10.8 Å². The first-order valence-electron chi connectivity index (χ1n) is 4.97. The lowest BCUT2D eigenvalue weighted by atomic mass is 10.4. The zero-order valence-corrected chi connectivity index (χ0v) is 10.1. The van der Waals surface area contributed by atoms with Gasteiger partial charge in [-0.05, 0) is 6.04 Å². The number of hydrogen-bond acceptors (Lipinski definition) is 2. The molecular weight excluding hydrogens is 206 g/mol. The molecule has 0 unspecified atom stereocenters. The quantitative estimate of drug-likeness (QED) is 0.749.